The Morgan fingerprint density at radius 2 is 2.27 bits per heavy atom. The van der Waals surface area contributed by atoms with Crippen LogP contribution in [0.4, 0.5) is 4.79 Å². The van der Waals surface area contributed by atoms with E-state index in [1.165, 1.54) is 19.3 Å². The Kier molecular flexibility index (Phi) is 3.20. The Morgan fingerprint density at radius 3 is 2.82 bits per heavy atom. The predicted octanol–water partition coefficient (Wildman–Crippen LogP) is 1.11. The largest absolute Gasteiger partial charge is 0.341 e. The monoisotopic (exact) mass is 156 g/mol. The van der Waals surface area contributed by atoms with E-state index < -0.39 is 0 Å². The van der Waals surface area contributed by atoms with Gasteiger partial charge in [0.05, 0.1) is 0 Å². The van der Waals surface area contributed by atoms with Crippen molar-refractivity contribution in [1.82, 2.24) is 10.6 Å². The van der Waals surface area contributed by atoms with Crippen molar-refractivity contribution >= 4 is 6.03 Å². The van der Waals surface area contributed by atoms with E-state index >= 15 is 0 Å². The molecule has 2 amide bonds. The maximum absolute atomic E-state index is 10.6. The van der Waals surface area contributed by atoms with Gasteiger partial charge >= 0.3 is 6.03 Å². The average Bonchev–Trinajstić information content (AvgIpc) is 2.81. The quantitative estimate of drug-likeness (QED) is 0.588. The van der Waals surface area contributed by atoms with Crippen molar-refractivity contribution in [3.8, 4) is 0 Å². The van der Waals surface area contributed by atoms with Gasteiger partial charge in [0.2, 0.25) is 0 Å². The van der Waals surface area contributed by atoms with E-state index in [9.17, 15) is 4.79 Å². The van der Waals surface area contributed by atoms with Crippen LogP contribution in [0.15, 0.2) is 0 Å². The van der Waals surface area contributed by atoms with Crippen LogP contribution in [0.3, 0.4) is 0 Å². The summed E-state index contributed by atoms with van der Waals surface area (Å²) in [6, 6.07) is -0.0687. The molecule has 0 unspecified atom stereocenters. The Morgan fingerprint density at radius 1 is 1.55 bits per heavy atom. The zero-order valence-corrected chi connectivity index (χ0v) is 7.02. The molecule has 1 saturated carbocycles. The molecular weight excluding hydrogens is 140 g/mol. The number of rotatable bonds is 4. The van der Waals surface area contributed by atoms with Crippen molar-refractivity contribution in [2.24, 2.45) is 5.92 Å². The lowest BCUT2D eigenvalue weighted by Crippen LogP contribution is -2.33. The van der Waals surface area contributed by atoms with Crippen LogP contribution in [-0.2, 0) is 0 Å². The van der Waals surface area contributed by atoms with Gasteiger partial charge in [-0.2, -0.15) is 0 Å². The van der Waals surface area contributed by atoms with Gasteiger partial charge in [-0.25, -0.2) is 4.79 Å². The van der Waals surface area contributed by atoms with Crippen LogP contribution < -0.4 is 10.6 Å². The van der Waals surface area contributed by atoms with Gasteiger partial charge < -0.3 is 10.6 Å². The molecule has 0 bridgehead atoms. The highest BCUT2D eigenvalue weighted by molar-refractivity contribution is 5.73. The lowest BCUT2D eigenvalue weighted by molar-refractivity contribution is 0.242. The van der Waals surface area contributed by atoms with Crippen molar-refractivity contribution in [3.05, 3.63) is 0 Å². The minimum Gasteiger partial charge on any atom is -0.341 e. The van der Waals surface area contributed by atoms with Gasteiger partial charge in [-0.3, -0.25) is 0 Å². The Labute approximate surface area is 67.5 Å². The average molecular weight is 156 g/mol. The van der Waals surface area contributed by atoms with Gasteiger partial charge in [0.15, 0.2) is 0 Å². The first-order chi connectivity index (χ1) is 5.33. The van der Waals surface area contributed by atoms with Crippen LogP contribution in [0.2, 0.25) is 0 Å². The molecule has 0 aliphatic heterocycles. The van der Waals surface area contributed by atoms with Crippen LogP contribution in [0.25, 0.3) is 0 Å². The maximum atomic E-state index is 10.6. The molecule has 3 heteroatoms. The molecule has 1 aliphatic carbocycles. The fraction of sp³-hybridized carbons (Fsp3) is 0.875. The fourth-order valence-corrected chi connectivity index (χ4v) is 1.09. The number of amides is 2. The van der Waals surface area contributed by atoms with Crippen molar-refractivity contribution in [1.29, 1.82) is 0 Å². The highest BCUT2D eigenvalue weighted by Gasteiger charge is 2.19. The third-order valence-electron chi connectivity index (χ3n) is 2.00. The topological polar surface area (TPSA) is 41.1 Å². The first-order valence-corrected chi connectivity index (χ1v) is 4.28. The van der Waals surface area contributed by atoms with Crippen LogP contribution in [0.5, 0.6) is 0 Å². The second-order valence-electron chi connectivity index (χ2n) is 3.09. The van der Waals surface area contributed by atoms with Crippen LogP contribution in [0, 0.1) is 5.92 Å². The van der Waals surface area contributed by atoms with E-state index in [1.54, 1.807) is 7.05 Å². The Bertz CT molecular complexity index is 132. The Hall–Kier alpha value is -0.730. The summed E-state index contributed by atoms with van der Waals surface area (Å²) in [7, 11) is 1.64. The van der Waals surface area contributed by atoms with E-state index in [4.69, 9.17) is 0 Å². The van der Waals surface area contributed by atoms with Gasteiger partial charge in [-0.05, 0) is 18.8 Å². The highest BCUT2D eigenvalue weighted by Crippen LogP contribution is 2.33. The van der Waals surface area contributed by atoms with E-state index in [0.717, 1.165) is 18.9 Å². The normalized spacial score (nSPS) is 16.1. The summed E-state index contributed by atoms with van der Waals surface area (Å²) in [5.74, 6) is 0.974. The number of urea groups is 1. The molecule has 1 fully saturated rings. The zero-order valence-electron chi connectivity index (χ0n) is 7.02. The standard InChI is InChI=1S/C8H16N2O/c1-9-8(11)10-6-2-3-7-4-5-7/h7H,2-6H2,1H3,(H2,9,10,11). The van der Waals surface area contributed by atoms with Gasteiger partial charge in [-0.15, -0.1) is 0 Å². The van der Waals surface area contributed by atoms with E-state index in [1.807, 2.05) is 0 Å². The van der Waals surface area contributed by atoms with Crippen LogP contribution in [-0.4, -0.2) is 19.6 Å². The van der Waals surface area contributed by atoms with Crippen molar-refractivity contribution in [3.63, 3.8) is 0 Å². The number of hydrogen-bond acceptors (Lipinski definition) is 1. The molecule has 0 saturated heterocycles. The van der Waals surface area contributed by atoms with E-state index in [2.05, 4.69) is 10.6 Å². The smallest absolute Gasteiger partial charge is 0.314 e. The summed E-state index contributed by atoms with van der Waals surface area (Å²) >= 11 is 0. The third-order valence-corrected chi connectivity index (χ3v) is 2.00. The SMILES string of the molecule is CNC(=O)NCCCC1CC1. The van der Waals surface area contributed by atoms with Crippen molar-refractivity contribution in [2.75, 3.05) is 13.6 Å². The molecule has 0 aromatic carbocycles. The molecule has 0 aromatic rings. The van der Waals surface area contributed by atoms with Crippen LogP contribution in [0.1, 0.15) is 25.7 Å². The van der Waals surface area contributed by atoms with Crippen LogP contribution >= 0.6 is 0 Å². The molecule has 1 rings (SSSR count). The first-order valence-electron chi connectivity index (χ1n) is 4.28. The lowest BCUT2D eigenvalue weighted by Gasteiger charge is -2.02. The summed E-state index contributed by atoms with van der Waals surface area (Å²) in [6.07, 6.45) is 5.21. The molecule has 0 heterocycles. The summed E-state index contributed by atoms with van der Waals surface area (Å²) < 4.78 is 0. The second-order valence-corrected chi connectivity index (χ2v) is 3.09. The van der Waals surface area contributed by atoms with Gasteiger partial charge in [0.1, 0.15) is 0 Å². The second kappa shape index (κ2) is 4.21. The minimum absolute atomic E-state index is 0.0687. The van der Waals surface area contributed by atoms with Gasteiger partial charge in [0, 0.05) is 13.6 Å². The summed E-state index contributed by atoms with van der Waals surface area (Å²) in [5.41, 5.74) is 0. The van der Waals surface area contributed by atoms with E-state index in [0.29, 0.717) is 0 Å². The van der Waals surface area contributed by atoms with Gasteiger partial charge in [0.25, 0.3) is 0 Å². The molecular formula is C8H16N2O. The molecule has 0 spiro atoms. The molecule has 64 valence electrons. The van der Waals surface area contributed by atoms with Crippen molar-refractivity contribution in [2.45, 2.75) is 25.7 Å². The lowest BCUT2D eigenvalue weighted by atomic mass is 10.2. The number of carbonyl (C=O) groups excluding carboxylic acids is 1. The van der Waals surface area contributed by atoms with Gasteiger partial charge in [-0.1, -0.05) is 12.8 Å². The summed E-state index contributed by atoms with van der Waals surface area (Å²) in [6.45, 7) is 0.816. The number of carbonyl (C=O) groups is 1. The summed E-state index contributed by atoms with van der Waals surface area (Å²) in [5, 5.41) is 5.28. The molecule has 3 nitrogen and oxygen atoms in total. The van der Waals surface area contributed by atoms with E-state index in [-0.39, 0.29) is 6.03 Å². The number of hydrogen-bond donors (Lipinski definition) is 2. The third kappa shape index (κ3) is 3.86. The molecule has 0 atom stereocenters. The van der Waals surface area contributed by atoms with Crippen molar-refractivity contribution < 1.29 is 4.79 Å². The maximum Gasteiger partial charge on any atom is 0.314 e. The molecule has 0 radical (unpaired) electrons. The Balaban J connectivity index is 1.82. The molecule has 1 aliphatic rings. The number of nitrogens with one attached hydrogen (secondary N) is 2. The highest BCUT2D eigenvalue weighted by atomic mass is 16.2. The molecule has 2 N–H and O–H groups in total. The first kappa shape index (κ1) is 8.37. The summed E-state index contributed by atoms with van der Waals surface area (Å²) in [4.78, 5) is 10.6. The molecule has 11 heavy (non-hydrogen) atoms. The fourth-order valence-electron chi connectivity index (χ4n) is 1.09. The zero-order chi connectivity index (χ0) is 8.10. The minimum atomic E-state index is -0.0687. The molecule has 0 aromatic heterocycles. The predicted molar refractivity (Wildman–Crippen MR) is 44.4 cm³/mol.